The minimum atomic E-state index is 0.331. The molecule has 1 aromatic heterocycles. The number of hydrogen-bond donors (Lipinski definition) is 2. The number of nitrogens with one attached hydrogen (secondary N) is 1. The average Bonchev–Trinajstić information content (AvgIpc) is 2.59. The van der Waals surface area contributed by atoms with Crippen molar-refractivity contribution in [3.05, 3.63) is 38.2 Å². The Balaban J connectivity index is 2.33. The standard InChI is InChI=1S/C11H11ClIN3O/c1-6-11(10(5-14)16-15-6)17-9-3-7(12)2-8(13)4-9/h2-4H,5,14H2,1H3,(H,15,16). The molecule has 0 unspecified atom stereocenters. The van der Waals surface area contributed by atoms with Crippen LogP contribution >= 0.6 is 34.2 Å². The van der Waals surface area contributed by atoms with Crippen molar-refractivity contribution in [1.82, 2.24) is 10.2 Å². The lowest BCUT2D eigenvalue weighted by atomic mass is 10.3. The molecule has 3 N–H and O–H groups in total. The van der Waals surface area contributed by atoms with Crippen LogP contribution in [-0.4, -0.2) is 10.2 Å². The summed E-state index contributed by atoms with van der Waals surface area (Å²) in [4.78, 5) is 0. The molecule has 0 fully saturated rings. The van der Waals surface area contributed by atoms with Crippen LogP contribution in [0.5, 0.6) is 11.5 Å². The highest BCUT2D eigenvalue weighted by Crippen LogP contribution is 2.30. The van der Waals surface area contributed by atoms with Crippen LogP contribution in [0.3, 0.4) is 0 Å². The second kappa shape index (κ2) is 5.24. The van der Waals surface area contributed by atoms with Gasteiger partial charge in [0.25, 0.3) is 0 Å². The summed E-state index contributed by atoms with van der Waals surface area (Å²) < 4.78 is 6.78. The smallest absolute Gasteiger partial charge is 0.172 e. The maximum absolute atomic E-state index is 5.97. The topological polar surface area (TPSA) is 63.9 Å². The van der Waals surface area contributed by atoms with E-state index in [9.17, 15) is 0 Å². The highest BCUT2D eigenvalue weighted by Gasteiger charge is 2.11. The summed E-state index contributed by atoms with van der Waals surface area (Å²) in [6.45, 7) is 2.22. The molecule has 17 heavy (non-hydrogen) atoms. The number of ether oxygens (including phenoxy) is 1. The van der Waals surface area contributed by atoms with Gasteiger partial charge in [0.05, 0.1) is 5.69 Å². The number of nitrogens with two attached hydrogens (primary N) is 1. The molecule has 0 atom stereocenters. The SMILES string of the molecule is Cc1[nH]nc(CN)c1Oc1cc(Cl)cc(I)c1. The number of aryl methyl sites for hydroxylation is 1. The van der Waals surface area contributed by atoms with Crippen molar-refractivity contribution in [2.24, 2.45) is 5.73 Å². The van der Waals surface area contributed by atoms with Gasteiger partial charge in [-0.3, -0.25) is 5.10 Å². The zero-order valence-electron chi connectivity index (χ0n) is 9.13. The lowest BCUT2D eigenvalue weighted by molar-refractivity contribution is 0.472. The van der Waals surface area contributed by atoms with Crippen molar-refractivity contribution >= 4 is 34.2 Å². The number of aromatic amines is 1. The van der Waals surface area contributed by atoms with E-state index in [4.69, 9.17) is 22.1 Å². The van der Waals surface area contributed by atoms with E-state index < -0.39 is 0 Å². The summed E-state index contributed by atoms with van der Waals surface area (Å²) in [5.41, 5.74) is 7.14. The average molecular weight is 364 g/mol. The van der Waals surface area contributed by atoms with E-state index in [-0.39, 0.29) is 0 Å². The van der Waals surface area contributed by atoms with Gasteiger partial charge in [-0.15, -0.1) is 0 Å². The first kappa shape index (κ1) is 12.7. The van der Waals surface area contributed by atoms with E-state index >= 15 is 0 Å². The van der Waals surface area contributed by atoms with E-state index in [2.05, 4.69) is 32.8 Å². The highest BCUT2D eigenvalue weighted by molar-refractivity contribution is 14.1. The van der Waals surface area contributed by atoms with Crippen molar-refractivity contribution in [3.63, 3.8) is 0 Å². The fourth-order valence-electron chi connectivity index (χ4n) is 1.45. The van der Waals surface area contributed by atoms with Crippen LogP contribution in [0, 0.1) is 10.5 Å². The molecule has 6 heteroatoms. The number of aromatic nitrogens is 2. The Morgan fingerprint density at radius 1 is 1.47 bits per heavy atom. The monoisotopic (exact) mass is 363 g/mol. The Kier molecular flexibility index (Phi) is 3.90. The summed E-state index contributed by atoms with van der Waals surface area (Å²) in [5.74, 6) is 1.35. The number of benzene rings is 1. The summed E-state index contributed by atoms with van der Waals surface area (Å²) in [6, 6.07) is 5.52. The second-order valence-electron chi connectivity index (χ2n) is 3.54. The van der Waals surface area contributed by atoms with Gasteiger partial charge in [-0.25, -0.2) is 0 Å². The third kappa shape index (κ3) is 2.91. The van der Waals surface area contributed by atoms with E-state index in [1.54, 1.807) is 6.07 Å². The molecule has 0 aliphatic carbocycles. The summed E-state index contributed by atoms with van der Waals surface area (Å²) in [6.07, 6.45) is 0. The van der Waals surface area contributed by atoms with Gasteiger partial charge in [-0.05, 0) is 47.7 Å². The van der Waals surface area contributed by atoms with Gasteiger partial charge in [0.2, 0.25) is 0 Å². The summed E-state index contributed by atoms with van der Waals surface area (Å²) in [7, 11) is 0. The van der Waals surface area contributed by atoms with Crippen molar-refractivity contribution < 1.29 is 4.74 Å². The molecule has 2 rings (SSSR count). The molecule has 0 aliphatic heterocycles. The van der Waals surface area contributed by atoms with Gasteiger partial charge in [0.15, 0.2) is 5.75 Å². The van der Waals surface area contributed by atoms with Crippen LogP contribution < -0.4 is 10.5 Å². The predicted molar refractivity (Wildman–Crippen MR) is 75.5 cm³/mol. The third-order valence-electron chi connectivity index (χ3n) is 2.21. The molecule has 1 aromatic carbocycles. The van der Waals surface area contributed by atoms with Crippen LogP contribution in [0.2, 0.25) is 5.02 Å². The quantitative estimate of drug-likeness (QED) is 0.823. The highest BCUT2D eigenvalue weighted by atomic mass is 127. The number of H-pyrrole nitrogens is 1. The molecular weight excluding hydrogens is 352 g/mol. The molecule has 90 valence electrons. The number of halogens is 2. The van der Waals surface area contributed by atoms with Gasteiger partial charge in [-0.2, -0.15) is 5.10 Å². The minimum Gasteiger partial charge on any atom is -0.453 e. The Bertz CT molecular complexity index is 521. The van der Waals surface area contributed by atoms with Crippen molar-refractivity contribution in [1.29, 1.82) is 0 Å². The molecule has 0 bridgehead atoms. The lowest BCUT2D eigenvalue weighted by Crippen LogP contribution is -1.99. The van der Waals surface area contributed by atoms with Gasteiger partial charge >= 0.3 is 0 Å². The number of nitrogens with zero attached hydrogens (tertiary/aromatic N) is 1. The first-order valence-corrected chi connectivity index (χ1v) is 6.43. The summed E-state index contributed by atoms with van der Waals surface area (Å²) >= 11 is 8.16. The van der Waals surface area contributed by atoms with Gasteiger partial charge in [0, 0.05) is 15.1 Å². The molecule has 0 saturated carbocycles. The first-order valence-electron chi connectivity index (χ1n) is 4.98. The van der Waals surface area contributed by atoms with Crippen LogP contribution in [0.4, 0.5) is 0 Å². The predicted octanol–water partition coefficient (Wildman–Crippen LogP) is 3.23. The van der Waals surface area contributed by atoms with Crippen molar-refractivity contribution in [2.45, 2.75) is 13.5 Å². The molecule has 0 amide bonds. The van der Waals surface area contributed by atoms with Crippen molar-refractivity contribution in [3.8, 4) is 11.5 Å². The molecule has 0 radical (unpaired) electrons. The molecular formula is C11H11ClIN3O. The minimum absolute atomic E-state index is 0.331. The second-order valence-corrected chi connectivity index (χ2v) is 5.22. The fraction of sp³-hybridized carbons (Fsp3) is 0.182. The van der Waals surface area contributed by atoms with E-state index in [0.717, 1.165) is 9.26 Å². The van der Waals surface area contributed by atoms with Crippen LogP contribution in [-0.2, 0) is 6.54 Å². The van der Waals surface area contributed by atoms with Crippen LogP contribution in [0.1, 0.15) is 11.4 Å². The van der Waals surface area contributed by atoms with E-state index in [0.29, 0.717) is 28.8 Å². The maximum atomic E-state index is 5.97. The first-order chi connectivity index (χ1) is 8.10. The molecule has 4 nitrogen and oxygen atoms in total. The Morgan fingerprint density at radius 3 is 2.88 bits per heavy atom. The number of hydrogen-bond acceptors (Lipinski definition) is 3. The Hall–Kier alpha value is -0.790. The van der Waals surface area contributed by atoms with E-state index in [1.807, 2.05) is 19.1 Å². The third-order valence-corrected chi connectivity index (χ3v) is 3.05. The van der Waals surface area contributed by atoms with Gasteiger partial charge in [-0.1, -0.05) is 11.6 Å². The zero-order chi connectivity index (χ0) is 12.4. The molecule has 0 spiro atoms. The molecule has 1 heterocycles. The Morgan fingerprint density at radius 2 is 2.24 bits per heavy atom. The molecule has 0 aliphatic rings. The Labute approximate surface area is 118 Å². The van der Waals surface area contributed by atoms with Crippen LogP contribution in [0.25, 0.3) is 0 Å². The van der Waals surface area contributed by atoms with Gasteiger partial charge in [0.1, 0.15) is 11.4 Å². The van der Waals surface area contributed by atoms with Gasteiger partial charge < -0.3 is 10.5 Å². The fourth-order valence-corrected chi connectivity index (χ4v) is 2.50. The van der Waals surface area contributed by atoms with E-state index in [1.165, 1.54) is 0 Å². The largest absolute Gasteiger partial charge is 0.453 e. The normalized spacial score (nSPS) is 10.6. The molecule has 2 aromatic rings. The van der Waals surface area contributed by atoms with Crippen LogP contribution in [0.15, 0.2) is 18.2 Å². The lowest BCUT2D eigenvalue weighted by Gasteiger charge is -2.07. The van der Waals surface area contributed by atoms with Crippen molar-refractivity contribution in [2.75, 3.05) is 0 Å². The maximum Gasteiger partial charge on any atom is 0.172 e. The zero-order valence-corrected chi connectivity index (χ0v) is 12.0. The summed E-state index contributed by atoms with van der Waals surface area (Å²) in [5, 5.41) is 7.55. The molecule has 0 saturated heterocycles. The number of rotatable bonds is 3.